The van der Waals surface area contributed by atoms with E-state index < -0.39 is 0 Å². The normalized spacial score (nSPS) is 18.1. The molecule has 1 unspecified atom stereocenters. The number of nitriles is 1. The molecular formula is C27H35N5O2. The van der Waals surface area contributed by atoms with E-state index in [1.165, 1.54) is 0 Å². The smallest absolute Gasteiger partial charge is 0.225 e. The van der Waals surface area contributed by atoms with Gasteiger partial charge in [0.15, 0.2) is 0 Å². The molecule has 0 spiro atoms. The highest BCUT2D eigenvalue weighted by Crippen LogP contribution is 2.47. The van der Waals surface area contributed by atoms with Crippen molar-refractivity contribution in [2.45, 2.75) is 45.1 Å². The average molecular weight is 462 g/mol. The maximum Gasteiger partial charge on any atom is 0.225 e. The minimum atomic E-state index is 0.0487. The summed E-state index contributed by atoms with van der Waals surface area (Å²) in [6, 6.07) is 11.0. The van der Waals surface area contributed by atoms with Crippen molar-refractivity contribution in [3.63, 3.8) is 0 Å². The van der Waals surface area contributed by atoms with Crippen molar-refractivity contribution < 1.29 is 9.53 Å². The molecule has 0 N–H and O–H groups in total. The van der Waals surface area contributed by atoms with Crippen molar-refractivity contribution in [2.24, 2.45) is 0 Å². The molecule has 1 saturated heterocycles. The number of piperazine rings is 1. The Morgan fingerprint density at radius 2 is 2.06 bits per heavy atom. The third-order valence-electron chi connectivity index (χ3n) is 6.95. The van der Waals surface area contributed by atoms with Crippen LogP contribution in [0.25, 0.3) is 11.1 Å². The second kappa shape index (κ2) is 10.0. The number of aromatic nitrogens is 1. The number of carbonyl (C=O) groups excluding carboxylic acids is 1. The van der Waals surface area contributed by atoms with E-state index >= 15 is 0 Å². The van der Waals surface area contributed by atoms with Crippen LogP contribution in [0.5, 0.6) is 0 Å². The zero-order valence-corrected chi connectivity index (χ0v) is 21.0. The predicted octanol–water partition coefficient (Wildman–Crippen LogP) is 3.95. The second-order valence-electron chi connectivity index (χ2n) is 9.65. The monoisotopic (exact) mass is 461 g/mol. The lowest BCUT2D eigenvalue weighted by atomic mass is 9.93. The summed E-state index contributed by atoms with van der Waals surface area (Å²) < 4.78 is 5.08. The van der Waals surface area contributed by atoms with Crippen molar-refractivity contribution in [3.05, 3.63) is 41.1 Å². The summed E-state index contributed by atoms with van der Waals surface area (Å²) in [4.78, 5) is 24.0. The molecule has 1 saturated carbocycles. The topological polar surface area (TPSA) is 72.7 Å². The first kappa shape index (κ1) is 24.0. The maximum atomic E-state index is 12.6. The molecule has 4 rings (SSSR count). The standard InChI is InChI=1S/C27H35N5O2/c1-18-17-31(12-13-32(18)24(33)11-14-34-5)27-23(16-28)19(2)25(26(29-27)20-9-10-20)21-7-6-8-22(15-21)30(3)4/h6-8,15,18,20H,9-14,17H2,1-5H3. The van der Waals surface area contributed by atoms with Gasteiger partial charge in [0.1, 0.15) is 11.9 Å². The van der Waals surface area contributed by atoms with Gasteiger partial charge < -0.3 is 19.4 Å². The molecule has 0 radical (unpaired) electrons. The summed E-state index contributed by atoms with van der Waals surface area (Å²) in [5.41, 5.74) is 6.09. The SMILES string of the molecule is COCCC(=O)N1CCN(c2nc(C3CC3)c(-c3cccc(N(C)C)c3)c(C)c2C#N)CC1C. The number of anilines is 2. The molecule has 0 bridgehead atoms. The van der Waals surface area contributed by atoms with Gasteiger partial charge in [0.05, 0.1) is 24.3 Å². The molecule has 2 fully saturated rings. The Hall–Kier alpha value is -3.11. The molecule has 1 aromatic carbocycles. The minimum absolute atomic E-state index is 0.0487. The number of ether oxygens (including phenoxy) is 1. The van der Waals surface area contributed by atoms with Crippen molar-refractivity contribution in [2.75, 3.05) is 57.2 Å². The Balaban J connectivity index is 1.70. The fourth-order valence-electron chi connectivity index (χ4n) is 4.88. The Morgan fingerprint density at radius 3 is 2.68 bits per heavy atom. The lowest BCUT2D eigenvalue weighted by Crippen LogP contribution is -2.54. The van der Waals surface area contributed by atoms with E-state index in [1.54, 1.807) is 7.11 Å². The van der Waals surface area contributed by atoms with Crippen molar-refractivity contribution in [1.29, 1.82) is 5.26 Å². The highest BCUT2D eigenvalue weighted by atomic mass is 16.5. The van der Waals surface area contributed by atoms with Gasteiger partial charge in [-0.3, -0.25) is 4.79 Å². The predicted molar refractivity (Wildman–Crippen MR) is 135 cm³/mol. The highest BCUT2D eigenvalue weighted by Gasteiger charge is 2.34. The van der Waals surface area contributed by atoms with Crippen LogP contribution in [0.1, 0.15) is 48.9 Å². The van der Waals surface area contributed by atoms with Gasteiger partial charge in [0, 0.05) is 64.0 Å². The highest BCUT2D eigenvalue weighted by molar-refractivity contribution is 5.79. The average Bonchev–Trinajstić information content (AvgIpc) is 3.67. The molecule has 1 aliphatic carbocycles. The van der Waals surface area contributed by atoms with Crippen LogP contribution in [0, 0.1) is 18.3 Å². The largest absolute Gasteiger partial charge is 0.384 e. The summed E-state index contributed by atoms with van der Waals surface area (Å²) in [5, 5.41) is 10.2. The van der Waals surface area contributed by atoms with E-state index in [2.05, 4.69) is 54.0 Å². The molecule has 1 aliphatic heterocycles. The summed E-state index contributed by atoms with van der Waals surface area (Å²) in [6.45, 7) is 6.52. The van der Waals surface area contributed by atoms with Crippen molar-refractivity contribution >= 4 is 17.4 Å². The molecule has 180 valence electrons. The number of benzene rings is 1. The van der Waals surface area contributed by atoms with Gasteiger partial charge in [-0.2, -0.15) is 5.26 Å². The van der Waals surface area contributed by atoms with Crippen LogP contribution in [0.15, 0.2) is 24.3 Å². The van der Waals surface area contributed by atoms with Crippen LogP contribution in [0.3, 0.4) is 0 Å². The van der Waals surface area contributed by atoms with Gasteiger partial charge in [0.25, 0.3) is 0 Å². The first-order valence-electron chi connectivity index (χ1n) is 12.1. The molecule has 7 heteroatoms. The van der Waals surface area contributed by atoms with Gasteiger partial charge in [-0.1, -0.05) is 12.1 Å². The number of hydrogen-bond donors (Lipinski definition) is 0. The van der Waals surface area contributed by atoms with Gasteiger partial charge in [-0.05, 0) is 49.9 Å². The van der Waals surface area contributed by atoms with Gasteiger partial charge >= 0.3 is 0 Å². The van der Waals surface area contributed by atoms with Crippen LogP contribution in [0.4, 0.5) is 11.5 Å². The number of amides is 1. The van der Waals surface area contributed by atoms with E-state index in [4.69, 9.17) is 9.72 Å². The molecule has 2 aliphatic rings. The van der Waals surface area contributed by atoms with E-state index in [0.717, 1.165) is 46.7 Å². The number of rotatable bonds is 7. The van der Waals surface area contributed by atoms with Crippen LogP contribution >= 0.6 is 0 Å². The fourth-order valence-corrected chi connectivity index (χ4v) is 4.88. The Kier molecular flexibility index (Phi) is 7.08. The van der Waals surface area contributed by atoms with E-state index in [-0.39, 0.29) is 11.9 Å². The minimum Gasteiger partial charge on any atom is -0.384 e. The molecule has 1 amide bonds. The maximum absolute atomic E-state index is 12.6. The van der Waals surface area contributed by atoms with Gasteiger partial charge in [-0.25, -0.2) is 4.98 Å². The molecular weight excluding hydrogens is 426 g/mol. The van der Waals surface area contributed by atoms with Crippen LogP contribution < -0.4 is 9.80 Å². The number of methoxy groups -OCH3 is 1. The third-order valence-corrected chi connectivity index (χ3v) is 6.95. The van der Waals surface area contributed by atoms with Crippen molar-refractivity contribution in [3.8, 4) is 17.2 Å². The quantitative estimate of drug-likeness (QED) is 0.622. The van der Waals surface area contributed by atoms with Crippen LogP contribution in [0.2, 0.25) is 0 Å². The zero-order chi connectivity index (χ0) is 24.4. The Morgan fingerprint density at radius 1 is 1.29 bits per heavy atom. The summed E-state index contributed by atoms with van der Waals surface area (Å²) in [5.74, 6) is 1.33. The number of carbonyl (C=O) groups is 1. The third kappa shape index (κ3) is 4.74. The molecule has 7 nitrogen and oxygen atoms in total. The Bertz CT molecular complexity index is 1100. The Labute approximate surface area is 202 Å². The molecule has 2 heterocycles. The molecule has 34 heavy (non-hydrogen) atoms. The van der Waals surface area contributed by atoms with E-state index in [1.807, 2.05) is 19.0 Å². The number of nitrogens with zero attached hydrogens (tertiary/aromatic N) is 5. The zero-order valence-electron chi connectivity index (χ0n) is 21.0. The van der Waals surface area contributed by atoms with Gasteiger partial charge in [-0.15, -0.1) is 0 Å². The first-order chi connectivity index (χ1) is 16.3. The van der Waals surface area contributed by atoms with E-state index in [9.17, 15) is 10.1 Å². The van der Waals surface area contributed by atoms with Crippen LogP contribution in [-0.2, 0) is 9.53 Å². The second-order valence-corrected chi connectivity index (χ2v) is 9.65. The van der Waals surface area contributed by atoms with Crippen LogP contribution in [-0.4, -0.2) is 69.3 Å². The lowest BCUT2D eigenvalue weighted by molar-refractivity contribution is -0.134. The van der Waals surface area contributed by atoms with Gasteiger partial charge in [0.2, 0.25) is 5.91 Å². The first-order valence-corrected chi connectivity index (χ1v) is 12.1. The lowest BCUT2D eigenvalue weighted by Gasteiger charge is -2.41. The molecule has 1 aromatic heterocycles. The summed E-state index contributed by atoms with van der Waals surface area (Å²) in [7, 11) is 5.69. The molecule has 2 aromatic rings. The number of hydrogen-bond acceptors (Lipinski definition) is 6. The molecule has 1 atom stereocenters. The number of pyridine rings is 1. The van der Waals surface area contributed by atoms with E-state index in [0.29, 0.717) is 44.1 Å². The summed E-state index contributed by atoms with van der Waals surface area (Å²) >= 11 is 0. The summed E-state index contributed by atoms with van der Waals surface area (Å²) in [6.07, 6.45) is 2.67. The van der Waals surface area contributed by atoms with Crippen molar-refractivity contribution in [1.82, 2.24) is 9.88 Å². The fraction of sp³-hybridized carbons (Fsp3) is 0.519.